The lowest BCUT2D eigenvalue weighted by Gasteiger charge is -2.19. The molecule has 2 rings (SSSR count). The van der Waals surface area contributed by atoms with E-state index in [2.05, 4.69) is 15.5 Å². The molecule has 0 aliphatic heterocycles. The summed E-state index contributed by atoms with van der Waals surface area (Å²) in [7, 11) is 3.97. The topological polar surface area (TPSA) is 67.1 Å². The maximum Gasteiger partial charge on any atom is 0.163 e. The number of hydrogen-bond acceptors (Lipinski definition) is 5. The van der Waals surface area contributed by atoms with E-state index in [9.17, 15) is 0 Å². The van der Waals surface area contributed by atoms with Crippen LogP contribution in [0.25, 0.3) is 0 Å². The fraction of sp³-hybridized carbons (Fsp3) is 0.267. The summed E-state index contributed by atoms with van der Waals surface area (Å²) in [5, 5.41) is 11.6. The number of anilines is 3. The van der Waals surface area contributed by atoms with Crippen LogP contribution in [0.1, 0.15) is 16.8 Å². The highest BCUT2D eigenvalue weighted by Gasteiger charge is 2.15. The lowest BCUT2D eigenvalue weighted by molar-refractivity contribution is 0.962. The van der Waals surface area contributed by atoms with Gasteiger partial charge in [-0.15, -0.1) is 5.10 Å². The number of nitrogens with two attached hydrogens (primary N) is 1. The van der Waals surface area contributed by atoms with E-state index in [4.69, 9.17) is 18.0 Å². The number of para-hydroxylation sites is 2. The average molecular weight is 301 g/mol. The van der Waals surface area contributed by atoms with Crippen LogP contribution < -0.4 is 16.0 Å². The van der Waals surface area contributed by atoms with E-state index in [1.807, 2.05) is 57.1 Å². The molecule has 0 radical (unpaired) electrons. The summed E-state index contributed by atoms with van der Waals surface area (Å²) in [6.45, 7) is 3.84. The quantitative estimate of drug-likeness (QED) is 0.846. The van der Waals surface area contributed by atoms with Gasteiger partial charge >= 0.3 is 0 Å². The molecule has 0 saturated carbocycles. The average Bonchev–Trinajstić information content (AvgIpc) is 2.43. The monoisotopic (exact) mass is 301 g/mol. The van der Waals surface area contributed by atoms with E-state index in [-0.39, 0.29) is 0 Å². The van der Waals surface area contributed by atoms with E-state index >= 15 is 0 Å². The minimum atomic E-state index is 0.315. The molecule has 0 atom stereocenters. The predicted octanol–water partition coefficient (Wildman–Crippen LogP) is 2.54. The second kappa shape index (κ2) is 6.05. The number of aryl methyl sites for hydroxylation is 1. The normalized spacial score (nSPS) is 10.3. The van der Waals surface area contributed by atoms with Crippen molar-refractivity contribution in [2.75, 3.05) is 24.3 Å². The minimum Gasteiger partial charge on any atom is -0.389 e. The molecule has 6 heteroatoms. The Morgan fingerprint density at radius 1 is 1.19 bits per heavy atom. The smallest absolute Gasteiger partial charge is 0.163 e. The van der Waals surface area contributed by atoms with Crippen LogP contribution in [0.15, 0.2) is 24.3 Å². The SMILES string of the molecule is Cc1nnc(Nc2ccccc2N(C)C)c(C(N)=S)c1C. The second-order valence-corrected chi connectivity index (χ2v) is 5.47. The van der Waals surface area contributed by atoms with Gasteiger partial charge in [0.05, 0.1) is 22.6 Å². The van der Waals surface area contributed by atoms with Crippen LogP contribution in [-0.4, -0.2) is 29.3 Å². The summed E-state index contributed by atoms with van der Waals surface area (Å²) < 4.78 is 0. The van der Waals surface area contributed by atoms with Crippen molar-refractivity contribution in [1.29, 1.82) is 0 Å². The Bertz CT molecular complexity index is 682. The maximum absolute atomic E-state index is 5.85. The standard InChI is InChI=1S/C15H19N5S/c1-9-10(2)18-19-15(13(9)14(16)21)17-11-7-5-6-8-12(11)20(3)4/h5-8H,1-4H3,(H2,16,21)(H,17,19). The van der Waals surface area contributed by atoms with Crippen molar-refractivity contribution in [2.45, 2.75) is 13.8 Å². The van der Waals surface area contributed by atoms with Crippen molar-refractivity contribution in [2.24, 2.45) is 5.73 Å². The first kappa shape index (κ1) is 15.2. The van der Waals surface area contributed by atoms with Gasteiger partial charge in [-0.05, 0) is 31.5 Å². The molecule has 0 bridgehead atoms. The number of rotatable bonds is 4. The summed E-state index contributed by atoms with van der Waals surface area (Å²) in [6, 6.07) is 7.96. The van der Waals surface area contributed by atoms with Crippen molar-refractivity contribution in [3.63, 3.8) is 0 Å². The molecule has 1 heterocycles. The van der Waals surface area contributed by atoms with Gasteiger partial charge in [0.15, 0.2) is 5.82 Å². The molecular weight excluding hydrogens is 282 g/mol. The number of hydrogen-bond donors (Lipinski definition) is 2. The van der Waals surface area contributed by atoms with Crippen LogP contribution in [0.3, 0.4) is 0 Å². The van der Waals surface area contributed by atoms with Crippen molar-refractivity contribution >= 4 is 34.4 Å². The fourth-order valence-corrected chi connectivity index (χ4v) is 2.34. The van der Waals surface area contributed by atoms with E-state index in [0.29, 0.717) is 10.8 Å². The highest BCUT2D eigenvalue weighted by atomic mass is 32.1. The van der Waals surface area contributed by atoms with Gasteiger partial charge in [-0.2, -0.15) is 5.10 Å². The molecule has 0 amide bonds. The van der Waals surface area contributed by atoms with Crippen LogP contribution >= 0.6 is 12.2 Å². The highest BCUT2D eigenvalue weighted by molar-refractivity contribution is 7.80. The van der Waals surface area contributed by atoms with Gasteiger partial charge in [-0.1, -0.05) is 24.4 Å². The molecule has 0 saturated heterocycles. The maximum atomic E-state index is 5.85. The summed E-state index contributed by atoms with van der Waals surface area (Å²) in [5.74, 6) is 0.583. The zero-order valence-electron chi connectivity index (χ0n) is 12.6. The van der Waals surface area contributed by atoms with Crippen molar-refractivity contribution in [3.05, 3.63) is 41.1 Å². The highest BCUT2D eigenvalue weighted by Crippen LogP contribution is 2.28. The summed E-state index contributed by atoms with van der Waals surface area (Å²) in [5.41, 5.74) is 10.3. The summed E-state index contributed by atoms with van der Waals surface area (Å²) in [4.78, 5) is 2.34. The molecule has 0 aliphatic rings. The van der Waals surface area contributed by atoms with Crippen molar-refractivity contribution in [3.8, 4) is 0 Å². The Morgan fingerprint density at radius 2 is 1.86 bits per heavy atom. The van der Waals surface area contributed by atoms with E-state index in [0.717, 1.165) is 28.2 Å². The van der Waals surface area contributed by atoms with Gasteiger partial charge in [0.2, 0.25) is 0 Å². The number of aromatic nitrogens is 2. The van der Waals surface area contributed by atoms with Gasteiger partial charge in [0, 0.05) is 14.1 Å². The molecule has 21 heavy (non-hydrogen) atoms. The Hall–Kier alpha value is -2.21. The molecule has 0 fully saturated rings. The number of nitrogens with one attached hydrogen (secondary N) is 1. The molecule has 1 aromatic heterocycles. The van der Waals surface area contributed by atoms with E-state index < -0.39 is 0 Å². The van der Waals surface area contributed by atoms with Crippen LogP contribution in [0.4, 0.5) is 17.2 Å². The molecule has 5 nitrogen and oxygen atoms in total. The Labute approximate surface area is 130 Å². The van der Waals surface area contributed by atoms with Crippen molar-refractivity contribution < 1.29 is 0 Å². The molecule has 110 valence electrons. The third-order valence-corrected chi connectivity index (χ3v) is 3.54. The van der Waals surface area contributed by atoms with Crippen LogP contribution in [0.5, 0.6) is 0 Å². The Kier molecular flexibility index (Phi) is 4.37. The molecule has 0 aliphatic carbocycles. The Balaban J connectivity index is 2.50. The second-order valence-electron chi connectivity index (χ2n) is 5.03. The van der Waals surface area contributed by atoms with Crippen LogP contribution in [0, 0.1) is 13.8 Å². The summed E-state index contributed by atoms with van der Waals surface area (Å²) in [6.07, 6.45) is 0. The summed E-state index contributed by atoms with van der Waals surface area (Å²) >= 11 is 5.16. The zero-order chi connectivity index (χ0) is 15.6. The molecule has 3 N–H and O–H groups in total. The van der Waals surface area contributed by atoms with Gasteiger partial charge in [-0.3, -0.25) is 0 Å². The first-order valence-corrected chi connectivity index (χ1v) is 6.99. The molecule has 0 spiro atoms. The molecule has 0 unspecified atom stereocenters. The number of nitrogens with zero attached hydrogens (tertiary/aromatic N) is 3. The largest absolute Gasteiger partial charge is 0.389 e. The first-order chi connectivity index (χ1) is 9.91. The third-order valence-electron chi connectivity index (χ3n) is 3.34. The fourth-order valence-electron chi connectivity index (χ4n) is 2.09. The first-order valence-electron chi connectivity index (χ1n) is 6.59. The lowest BCUT2D eigenvalue weighted by Crippen LogP contribution is -2.17. The predicted molar refractivity (Wildman–Crippen MR) is 91.4 cm³/mol. The van der Waals surface area contributed by atoms with Gasteiger partial charge in [-0.25, -0.2) is 0 Å². The van der Waals surface area contributed by atoms with Crippen LogP contribution in [0.2, 0.25) is 0 Å². The Morgan fingerprint density at radius 3 is 2.48 bits per heavy atom. The number of benzene rings is 1. The third kappa shape index (κ3) is 3.11. The van der Waals surface area contributed by atoms with E-state index in [1.54, 1.807) is 0 Å². The van der Waals surface area contributed by atoms with E-state index in [1.165, 1.54) is 0 Å². The lowest BCUT2D eigenvalue weighted by atomic mass is 10.1. The zero-order valence-corrected chi connectivity index (χ0v) is 13.5. The van der Waals surface area contributed by atoms with Gasteiger partial charge < -0.3 is 16.0 Å². The molecule has 2 aromatic rings. The molecular formula is C15H19N5S. The molecule has 1 aromatic carbocycles. The van der Waals surface area contributed by atoms with Gasteiger partial charge in [0.25, 0.3) is 0 Å². The van der Waals surface area contributed by atoms with Gasteiger partial charge in [0.1, 0.15) is 4.99 Å². The van der Waals surface area contributed by atoms with Crippen molar-refractivity contribution in [1.82, 2.24) is 10.2 Å². The number of thiocarbonyl (C=S) groups is 1. The van der Waals surface area contributed by atoms with Crippen LogP contribution in [-0.2, 0) is 0 Å². The minimum absolute atomic E-state index is 0.315.